The second kappa shape index (κ2) is 15.7. The van der Waals surface area contributed by atoms with E-state index >= 15 is 0 Å². The molecule has 0 aromatic heterocycles. The Labute approximate surface area is 135 Å². The van der Waals surface area contributed by atoms with Crippen molar-refractivity contribution >= 4 is 0 Å². The molecular formula is C17H38FNO3. The van der Waals surface area contributed by atoms with Gasteiger partial charge in [-0.25, -0.2) is 4.39 Å². The number of aliphatic hydroxyl groups excluding tert-OH is 3. The Kier molecular flexibility index (Phi) is 17.1. The molecule has 0 aromatic rings. The summed E-state index contributed by atoms with van der Waals surface area (Å²) in [5.74, 6) is 0. The van der Waals surface area contributed by atoms with Gasteiger partial charge in [0, 0.05) is 32.5 Å². The van der Waals surface area contributed by atoms with E-state index in [0.29, 0.717) is 6.42 Å². The number of rotatable bonds is 15. The minimum atomic E-state index is -1.64. The van der Waals surface area contributed by atoms with E-state index in [9.17, 15) is 9.50 Å². The number of halogens is 1. The number of hydrogen-bond donors (Lipinski definition) is 4. The molecule has 4 nitrogen and oxygen atoms in total. The molecule has 0 radical (unpaired) electrons. The van der Waals surface area contributed by atoms with Crippen molar-refractivity contribution in [1.82, 2.24) is 6.15 Å². The first-order valence-electron chi connectivity index (χ1n) is 8.66. The van der Waals surface area contributed by atoms with Crippen LogP contribution in [0.4, 0.5) is 4.39 Å². The van der Waals surface area contributed by atoms with Crippen LogP contribution in [-0.4, -0.2) is 40.3 Å². The first kappa shape index (κ1) is 24.0. The quantitative estimate of drug-likeness (QED) is 0.344. The lowest BCUT2D eigenvalue weighted by atomic mass is 9.89. The maximum absolute atomic E-state index is 14.3. The maximum atomic E-state index is 14.3. The van der Waals surface area contributed by atoms with Crippen molar-refractivity contribution in [3.05, 3.63) is 0 Å². The van der Waals surface area contributed by atoms with E-state index < -0.39 is 11.8 Å². The smallest absolute Gasteiger partial charge is 0.117 e. The van der Waals surface area contributed by atoms with E-state index in [-0.39, 0.29) is 38.6 Å². The van der Waals surface area contributed by atoms with Gasteiger partial charge >= 0.3 is 0 Å². The Morgan fingerprint density at radius 3 is 1.77 bits per heavy atom. The van der Waals surface area contributed by atoms with Crippen molar-refractivity contribution in [2.45, 2.75) is 95.7 Å². The van der Waals surface area contributed by atoms with Gasteiger partial charge in [0.05, 0.1) is 6.10 Å². The molecule has 0 aliphatic carbocycles. The molecule has 22 heavy (non-hydrogen) atoms. The van der Waals surface area contributed by atoms with Crippen LogP contribution in [0.3, 0.4) is 0 Å². The highest BCUT2D eigenvalue weighted by atomic mass is 19.1. The fourth-order valence-electron chi connectivity index (χ4n) is 2.77. The lowest BCUT2D eigenvalue weighted by Gasteiger charge is -2.26. The van der Waals surface area contributed by atoms with Crippen LogP contribution in [0.25, 0.3) is 0 Å². The predicted octanol–water partition coefficient (Wildman–Crippen LogP) is 3.90. The van der Waals surface area contributed by atoms with Gasteiger partial charge in [0.25, 0.3) is 0 Å². The third kappa shape index (κ3) is 13.4. The summed E-state index contributed by atoms with van der Waals surface area (Å²) in [7, 11) is 0. The molecule has 0 aliphatic rings. The van der Waals surface area contributed by atoms with E-state index in [0.717, 1.165) is 12.8 Å². The highest BCUT2D eigenvalue weighted by molar-refractivity contribution is 4.82. The molecule has 0 spiro atoms. The summed E-state index contributed by atoms with van der Waals surface area (Å²) in [6.45, 7) is 1.71. The summed E-state index contributed by atoms with van der Waals surface area (Å²) in [5, 5.41) is 27.7. The highest BCUT2D eigenvalue weighted by Gasteiger charge is 2.31. The van der Waals surface area contributed by atoms with Crippen LogP contribution in [0, 0.1) is 0 Å². The third-order valence-corrected chi connectivity index (χ3v) is 4.11. The molecule has 5 heteroatoms. The molecule has 0 aliphatic heterocycles. The Morgan fingerprint density at radius 2 is 1.32 bits per heavy atom. The Bertz CT molecular complexity index is 224. The molecule has 6 N–H and O–H groups in total. The van der Waals surface area contributed by atoms with Gasteiger partial charge in [0.2, 0.25) is 0 Å². The maximum Gasteiger partial charge on any atom is 0.117 e. The second-order valence-corrected chi connectivity index (χ2v) is 6.22. The van der Waals surface area contributed by atoms with E-state index in [1.54, 1.807) is 0 Å². The molecule has 0 saturated carbocycles. The number of aliphatic hydroxyl groups is 3. The molecule has 0 rings (SSSR count). The second-order valence-electron chi connectivity index (χ2n) is 6.22. The number of hydrogen-bond acceptors (Lipinski definition) is 4. The monoisotopic (exact) mass is 323 g/mol. The van der Waals surface area contributed by atoms with Crippen molar-refractivity contribution in [2.75, 3.05) is 13.2 Å². The van der Waals surface area contributed by atoms with Crippen LogP contribution in [0.15, 0.2) is 0 Å². The summed E-state index contributed by atoms with van der Waals surface area (Å²) >= 11 is 0. The molecule has 0 heterocycles. The van der Waals surface area contributed by atoms with Crippen molar-refractivity contribution in [3.63, 3.8) is 0 Å². The van der Waals surface area contributed by atoms with Gasteiger partial charge in [-0.1, -0.05) is 58.3 Å². The van der Waals surface area contributed by atoms with E-state index in [1.807, 2.05) is 0 Å². The standard InChI is InChI=1S/C17H35FO3.H3N/c1-2-3-4-5-6-7-8-9-10-16(21)15-17(18,11-13-19)12-14-20;/h16,19-21H,2-15H2,1H3;1H3. The summed E-state index contributed by atoms with van der Waals surface area (Å²) in [4.78, 5) is 0. The first-order valence-corrected chi connectivity index (χ1v) is 8.66. The predicted molar refractivity (Wildman–Crippen MR) is 90.1 cm³/mol. The van der Waals surface area contributed by atoms with Crippen molar-refractivity contribution in [1.29, 1.82) is 0 Å². The summed E-state index contributed by atoms with van der Waals surface area (Å²) in [6, 6.07) is 0. The van der Waals surface area contributed by atoms with Crippen LogP contribution in [0.1, 0.15) is 84.0 Å². The molecule has 1 atom stereocenters. The lowest BCUT2D eigenvalue weighted by Crippen LogP contribution is -2.31. The summed E-state index contributed by atoms with van der Waals surface area (Å²) in [6.07, 6.45) is 9.54. The zero-order valence-electron chi connectivity index (χ0n) is 14.4. The minimum Gasteiger partial charge on any atom is -0.396 e. The normalized spacial score (nSPS) is 13.0. The topological polar surface area (TPSA) is 95.7 Å². The van der Waals surface area contributed by atoms with E-state index in [2.05, 4.69) is 6.92 Å². The van der Waals surface area contributed by atoms with Crippen LogP contribution >= 0.6 is 0 Å². The van der Waals surface area contributed by atoms with Crippen LogP contribution in [-0.2, 0) is 0 Å². The van der Waals surface area contributed by atoms with Crippen molar-refractivity contribution in [3.8, 4) is 0 Å². The van der Waals surface area contributed by atoms with Gasteiger partial charge in [0.1, 0.15) is 5.67 Å². The highest BCUT2D eigenvalue weighted by Crippen LogP contribution is 2.28. The number of alkyl halides is 1. The van der Waals surface area contributed by atoms with Gasteiger partial charge in [0.15, 0.2) is 0 Å². The van der Waals surface area contributed by atoms with Crippen LogP contribution < -0.4 is 6.15 Å². The fourth-order valence-corrected chi connectivity index (χ4v) is 2.77. The lowest BCUT2D eigenvalue weighted by molar-refractivity contribution is 0.0209. The van der Waals surface area contributed by atoms with Gasteiger partial charge in [-0.2, -0.15) is 0 Å². The summed E-state index contributed by atoms with van der Waals surface area (Å²) in [5.41, 5.74) is -1.64. The molecule has 0 aromatic carbocycles. The SMILES string of the molecule is CCCCCCCCCCC(O)CC(F)(CCO)CCO.N. The Balaban J connectivity index is 0. The summed E-state index contributed by atoms with van der Waals surface area (Å²) < 4.78 is 14.3. The minimum absolute atomic E-state index is 0. The zero-order chi connectivity index (χ0) is 16.0. The van der Waals surface area contributed by atoms with Crippen molar-refractivity contribution in [2.24, 2.45) is 0 Å². The molecule has 0 amide bonds. The molecule has 0 saturated heterocycles. The van der Waals surface area contributed by atoms with Gasteiger partial charge in [-0.05, 0) is 6.42 Å². The number of unbranched alkanes of at least 4 members (excludes halogenated alkanes) is 7. The van der Waals surface area contributed by atoms with Crippen LogP contribution in [0.5, 0.6) is 0 Å². The average Bonchev–Trinajstić information content (AvgIpc) is 2.42. The average molecular weight is 323 g/mol. The molecule has 0 fully saturated rings. The molecule has 136 valence electrons. The van der Waals surface area contributed by atoms with E-state index in [4.69, 9.17) is 10.2 Å². The zero-order valence-corrected chi connectivity index (χ0v) is 14.4. The first-order chi connectivity index (χ1) is 10.1. The Morgan fingerprint density at radius 1 is 0.864 bits per heavy atom. The third-order valence-electron chi connectivity index (χ3n) is 4.11. The Hall–Kier alpha value is -0.230. The van der Waals surface area contributed by atoms with Gasteiger partial charge in [-0.3, -0.25) is 0 Å². The van der Waals surface area contributed by atoms with Gasteiger partial charge < -0.3 is 21.5 Å². The largest absolute Gasteiger partial charge is 0.396 e. The van der Waals surface area contributed by atoms with Gasteiger partial charge in [-0.15, -0.1) is 0 Å². The fraction of sp³-hybridized carbons (Fsp3) is 1.00. The molecular weight excluding hydrogens is 285 g/mol. The molecule has 0 bridgehead atoms. The van der Waals surface area contributed by atoms with Crippen molar-refractivity contribution < 1.29 is 19.7 Å². The van der Waals surface area contributed by atoms with E-state index in [1.165, 1.54) is 38.5 Å². The van der Waals surface area contributed by atoms with Crippen LogP contribution in [0.2, 0.25) is 0 Å². The molecule has 1 unspecified atom stereocenters.